The molecule has 1 amide bonds. The van der Waals surface area contributed by atoms with Crippen molar-refractivity contribution in [2.75, 3.05) is 6.54 Å². The molecule has 6 heteroatoms. The first kappa shape index (κ1) is 15.7. The maximum absolute atomic E-state index is 12.4. The summed E-state index contributed by atoms with van der Waals surface area (Å²) in [4.78, 5) is 12.4. The lowest BCUT2D eigenvalue weighted by Gasteiger charge is -2.26. The fourth-order valence-corrected chi connectivity index (χ4v) is 2.84. The largest absolute Gasteiger partial charge is 0.364 e. The Morgan fingerprint density at radius 3 is 2.91 bits per heavy atom. The molecule has 0 saturated heterocycles. The molecule has 4 N–H and O–H groups in total. The van der Waals surface area contributed by atoms with Crippen molar-refractivity contribution in [2.45, 2.75) is 38.4 Å². The van der Waals surface area contributed by atoms with Gasteiger partial charge in [0.05, 0.1) is 5.54 Å². The van der Waals surface area contributed by atoms with E-state index >= 15 is 0 Å². The molecule has 1 unspecified atom stereocenters. The first-order valence-corrected chi connectivity index (χ1v) is 7.77. The molecule has 122 valence electrons. The van der Waals surface area contributed by atoms with Crippen LogP contribution in [0.4, 0.5) is 0 Å². The molecule has 2 aromatic rings. The van der Waals surface area contributed by atoms with Gasteiger partial charge in [-0.2, -0.15) is 0 Å². The fraction of sp³-hybridized carbons (Fsp3) is 0.412. The minimum absolute atomic E-state index is 0.208. The molecule has 1 atom stereocenters. The Labute approximate surface area is 135 Å². The number of hydrogen-bond acceptors (Lipinski definition) is 5. The number of aromatic nitrogens is 1. The highest BCUT2D eigenvalue weighted by Gasteiger charge is 2.27. The highest BCUT2D eigenvalue weighted by atomic mass is 16.5. The molecule has 6 nitrogen and oxygen atoms in total. The maximum Gasteiger partial charge on any atom is 0.256 e. The lowest BCUT2D eigenvalue weighted by atomic mass is 9.95. The summed E-state index contributed by atoms with van der Waals surface area (Å²) in [5.41, 5.74) is 8.82. The fourth-order valence-electron chi connectivity index (χ4n) is 2.84. The summed E-state index contributed by atoms with van der Waals surface area (Å²) in [5, 5.41) is 10.2. The van der Waals surface area contributed by atoms with Crippen LogP contribution in [0.1, 0.15) is 41.0 Å². The molecule has 0 fully saturated rings. The van der Waals surface area contributed by atoms with E-state index in [-0.39, 0.29) is 11.9 Å². The summed E-state index contributed by atoms with van der Waals surface area (Å²) in [6, 6.07) is 8.57. The number of rotatable bonds is 4. The Balaban J connectivity index is 1.62. The third-order valence-electron chi connectivity index (χ3n) is 4.10. The van der Waals surface area contributed by atoms with Crippen molar-refractivity contribution in [3.05, 3.63) is 52.9 Å². The average Bonchev–Trinajstić information content (AvgIpc) is 3.02. The lowest BCUT2D eigenvalue weighted by Crippen LogP contribution is -2.45. The summed E-state index contributed by atoms with van der Waals surface area (Å²) >= 11 is 0. The Hall–Kier alpha value is -2.18. The van der Waals surface area contributed by atoms with Crippen LogP contribution in [-0.2, 0) is 18.5 Å². The maximum atomic E-state index is 12.4. The van der Waals surface area contributed by atoms with E-state index in [2.05, 4.69) is 27.9 Å². The van der Waals surface area contributed by atoms with Crippen molar-refractivity contribution in [1.29, 1.82) is 0 Å². The van der Waals surface area contributed by atoms with E-state index in [1.54, 1.807) is 13.8 Å². The van der Waals surface area contributed by atoms with Gasteiger partial charge in [-0.05, 0) is 31.4 Å². The molecule has 1 aromatic carbocycles. The van der Waals surface area contributed by atoms with Crippen LogP contribution in [0.5, 0.6) is 0 Å². The number of nitrogens with two attached hydrogens (primary N) is 1. The first-order chi connectivity index (χ1) is 10.9. The van der Waals surface area contributed by atoms with Gasteiger partial charge in [-0.15, -0.1) is 0 Å². The zero-order chi connectivity index (χ0) is 16.4. The summed E-state index contributed by atoms with van der Waals surface area (Å²) in [5.74, 6) is -0.208. The van der Waals surface area contributed by atoms with Crippen LogP contribution in [0.25, 0.3) is 0 Å². The van der Waals surface area contributed by atoms with Crippen LogP contribution in [0.3, 0.4) is 0 Å². The summed E-state index contributed by atoms with van der Waals surface area (Å²) in [6.07, 6.45) is 2.25. The standard InChI is InChI=1S/C17H22N4O2/c1-17(2,18)15-14(10-23-21-15)16(22)20-9-13-7-11-5-3-4-6-12(11)8-19-13/h3-6,10,13,19H,7-9,18H2,1-2H3,(H,20,22). The highest BCUT2D eigenvalue weighted by molar-refractivity contribution is 5.95. The van der Waals surface area contributed by atoms with Gasteiger partial charge in [0.2, 0.25) is 0 Å². The van der Waals surface area contributed by atoms with Gasteiger partial charge in [0.15, 0.2) is 0 Å². The molecule has 1 aliphatic rings. The quantitative estimate of drug-likeness (QED) is 0.791. The van der Waals surface area contributed by atoms with Crippen LogP contribution < -0.4 is 16.4 Å². The van der Waals surface area contributed by atoms with Crippen molar-refractivity contribution in [2.24, 2.45) is 5.73 Å². The van der Waals surface area contributed by atoms with E-state index in [0.29, 0.717) is 17.8 Å². The number of nitrogens with zero attached hydrogens (tertiary/aromatic N) is 1. The third-order valence-corrected chi connectivity index (χ3v) is 4.10. The molecule has 1 aromatic heterocycles. The van der Waals surface area contributed by atoms with E-state index in [4.69, 9.17) is 10.3 Å². The molecule has 23 heavy (non-hydrogen) atoms. The number of hydrogen-bond donors (Lipinski definition) is 3. The van der Waals surface area contributed by atoms with Crippen molar-refractivity contribution in [3.63, 3.8) is 0 Å². The van der Waals surface area contributed by atoms with Crippen LogP contribution in [-0.4, -0.2) is 23.7 Å². The molecular formula is C17H22N4O2. The molecular weight excluding hydrogens is 292 g/mol. The number of amides is 1. The predicted octanol–water partition coefficient (Wildman–Crippen LogP) is 1.31. The van der Waals surface area contributed by atoms with Crippen LogP contribution >= 0.6 is 0 Å². The topological polar surface area (TPSA) is 93.2 Å². The Morgan fingerprint density at radius 2 is 2.17 bits per heavy atom. The van der Waals surface area contributed by atoms with Gasteiger partial charge < -0.3 is 20.9 Å². The smallest absolute Gasteiger partial charge is 0.256 e. The number of benzene rings is 1. The van der Waals surface area contributed by atoms with Crippen molar-refractivity contribution < 1.29 is 9.32 Å². The summed E-state index contributed by atoms with van der Waals surface area (Å²) in [6.45, 7) is 4.95. The van der Waals surface area contributed by atoms with E-state index < -0.39 is 5.54 Å². The van der Waals surface area contributed by atoms with Crippen molar-refractivity contribution in [1.82, 2.24) is 15.8 Å². The molecule has 0 aliphatic carbocycles. The zero-order valence-corrected chi connectivity index (χ0v) is 13.4. The number of nitrogens with one attached hydrogen (secondary N) is 2. The van der Waals surface area contributed by atoms with E-state index in [1.165, 1.54) is 17.4 Å². The summed E-state index contributed by atoms with van der Waals surface area (Å²) in [7, 11) is 0. The second-order valence-corrected chi connectivity index (χ2v) is 6.56. The van der Waals surface area contributed by atoms with E-state index in [1.807, 2.05) is 12.1 Å². The van der Waals surface area contributed by atoms with Gasteiger partial charge in [-0.25, -0.2) is 0 Å². The molecule has 0 radical (unpaired) electrons. The summed E-state index contributed by atoms with van der Waals surface area (Å²) < 4.78 is 4.93. The van der Waals surface area contributed by atoms with Crippen molar-refractivity contribution in [3.8, 4) is 0 Å². The Bertz CT molecular complexity index is 703. The minimum Gasteiger partial charge on any atom is -0.364 e. The molecule has 0 spiro atoms. The Kier molecular flexibility index (Phi) is 4.19. The third kappa shape index (κ3) is 3.43. The van der Waals surface area contributed by atoms with E-state index in [9.17, 15) is 4.79 Å². The van der Waals surface area contributed by atoms with Gasteiger partial charge >= 0.3 is 0 Å². The minimum atomic E-state index is -0.721. The number of carbonyl (C=O) groups excluding carboxylic acids is 1. The van der Waals surface area contributed by atoms with Crippen LogP contribution in [0.15, 0.2) is 35.1 Å². The van der Waals surface area contributed by atoms with Gasteiger partial charge in [-0.1, -0.05) is 29.4 Å². The van der Waals surface area contributed by atoms with Gasteiger partial charge in [0.1, 0.15) is 17.5 Å². The van der Waals surface area contributed by atoms with Gasteiger partial charge in [-0.3, -0.25) is 4.79 Å². The normalized spacial score (nSPS) is 17.6. The number of carbonyl (C=O) groups is 1. The average molecular weight is 314 g/mol. The highest BCUT2D eigenvalue weighted by Crippen LogP contribution is 2.20. The second kappa shape index (κ2) is 6.14. The second-order valence-electron chi connectivity index (χ2n) is 6.56. The van der Waals surface area contributed by atoms with Crippen LogP contribution in [0.2, 0.25) is 0 Å². The predicted molar refractivity (Wildman–Crippen MR) is 86.8 cm³/mol. The van der Waals surface area contributed by atoms with Gasteiger partial charge in [0, 0.05) is 19.1 Å². The van der Waals surface area contributed by atoms with Crippen LogP contribution in [0, 0.1) is 0 Å². The number of fused-ring (bicyclic) bond motifs is 1. The molecule has 3 rings (SSSR count). The zero-order valence-electron chi connectivity index (χ0n) is 13.4. The van der Waals surface area contributed by atoms with E-state index in [0.717, 1.165) is 13.0 Å². The SMILES string of the molecule is CC(C)(N)c1nocc1C(=O)NCC1Cc2ccccc2CN1. The lowest BCUT2D eigenvalue weighted by molar-refractivity contribution is 0.0946. The molecule has 0 saturated carbocycles. The van der Waals surface area contributed by atoms with Gasteiger partial charge in [0.25, 0.3) is 5.91 Å². The van der Waals surface area contributed by atoms with Crippen molar-refractivity contribution >= 4 is 5.91 Å². The Morgan fingerprint density at radius 1 is 1.43 bits per heavy atom. The monoisotopic (exact) mass is 314 g/mol. The molecule has 0 bridgehead atoms. The molecule has 1 aliphatic heterocycles. The first-order valence-electron chi connectivity index (χ1n) is 7.77. The molecule has 2 heterocycles.